The summed E-state index contributed by atoms with van der Waals surface area (Å²) >= 11 is 3.43. The highest BCUT2D eigenvalue weighted by molar-refractivity contribution is 9.10. The van der Waals surface area contributed by atoms with E-state index < -0.39 is 0 Å². The van der Waals surface area contributed by atoms with Gasteiger partial charge in [-0.2, -0.15) is 0 Å². The number of rotatable bonds is 3. The van der Waals surface area contributed by atoms with Crippen LogP contribution in [0.1, 0.15) is 5.56 Å². The lowest BCUT2D eigenvalue weighted by Crippen LogP contribution is -2.18. The van der Waals surface area contributed by atoms with Gasteiger partial charge in [0.1, 0.15) is 12.1 Å². The summed E-state index contributed by atoms with van der Waals surface area (Å²) in [6.07, 6.45) is 6.90. The van der Waals surface area contributed by atoms with Crippen molar-refractivity contribution in [3.63, 3.8) is 0 Å². The van der Waals surface area contributed by atoms with Crippen molar-refractivity contribution in [3.8, 4) is 0 Å². The van der Waals surface area contributed by atoms with Gasteiger partial charge in [0.15, 0.2) is 0 Å². The largest absolute Gasteiger partial charge is 0.354 e. The van der Waals surface area contributed by atoms with Gasteiger partial charge in [-0.15, -0.1) is 0 Å². The fourth-order valence-corrected chi connectivity index (χ4v) is 1.95. The quantitative estimate of drug-likeness (QED) is 0.864. The van der Waals surface area contributed by atoms with Gasteiger partial charge in [0.05, 0.1) is 4.47 Å². The molecule has 0 amide bonds. The highest BCUT2D eigenvalue weighted by Gasteiger charge is 2.07. The minimum absolute atomic E-state index is 0.767. The van der Waals surface area contributed by atoms with E-state index >= 15 is 0 Å². The first kappa shape index (κ1) is 11.0. The molecule has 5 heteroatoms. The maximum absolute atomic E-state index is 4.22. The molecular formula is C11H11BrN4. The van der Waals surface area contributed by atoms with Gasteiger partial charge < -0.3 is 4.90 Å². The van der Waals surface area contributed by atoms with Gasteiger partial charge in [0, 0.05) is 32.2 Å². The zero-order valence-corrected chi connectivity index (χ0v) is 10.4. The minimum Gasteiger partial charge on any atom is -0.354 e. The molecule has 2 heterocycles. The molecule has 0 saturated heterocycles. The van der Waals surface area contributed by atoms with E-state index in [4.69, 9.17) is 0 Å². The first-order valence-corrected chi connectivity index (χ1v) is 5.62. The number of hydrogen-bond acceptors (Lipinski definition) is 4. The molecule has 0 aromatic carbocycles. The second-order valence-electron chi connectivity index (χ2n) is 3.41. The molecule has 82 valence electrons. The first-order valence-electron chi connectivity index (χ1n) is 4.83. The van der Waals surface area contributed by atoms with E-state index in [1.165, 1.54) is 0 Å². The average Bonchev–Trinajstić information content (AvgIpc) is 2.31. The standard InChI is InChI=1S/C11H11BrN4/c1-16(7-9-3-2-4-13-5-9)11-10(12)6-14-8-15-11/h2-6,8H,7H2,1H3. The molecule has 0 aliphatic heterocycles. The van der Waals surface area contributed by atoms with Crippen molar-refractivity contribution in [2.24, 2.45) is 0 Å². The lowest BCUT2D eigenvalue weighted by molar-refractivity contribution is 0.880. The van der Waals surface area contributed by atoms with Crippen LogP contribution in [0.5, 0.6) is 0 Å². The molecule has 0 aliphatic carbocycles. The molecular weight excluding hydrogens is 268 g/mol. The molecule has 0 atom stereocenters. The summed E-state index contributed by atoms with van der Waals surface area (Å²) in [7, 11) is 1.99. The average molecular weight is 279 g/mol. The van der Waals surface area contributed by atoms with Gasteiger partial charge in [-0.05, 0) is 27.6 Å². The van der Waals surface area contributed by atoms with Gasteiger partial charge >= 0.3 is 0 Å². The summed E-state index contributed by atoms with van der Waals surface area (Å²) in [6, 6.07) is 3.97. The maximum atomic E-state index is 4.22. The molecule has 0 N–H and O–H groups in total. The highest BCUT2D eigenvalue weighted by Crippen LogP contribution is 2.21. The fraction of sp³-hybridized carbons (Fsp3) is 0.182. The lowest BCUT2D eigenvalue weighted by atomic mass is 10.3. The second kappa shape index (κ2) is 5.03. The van der Waals surface area contributed by atoms with Crippen molar-refractivity contribution in [2.45, 2.75) is 6.54 Å². The van der Waals surface area contributed by atoms with E-state index in [9.17, 15) is 0 Å². The Balaban J connectivity index is 2.15. The van der Waals surface area contributed by atoms with Crippen LogP contribution in [0.4, 0.5) is 5.82 Å². The zero-order chi connectivity index (χ0) is 11.4. The van der Waals surface area contributed by atoms with Crippen molar-refractivity contribution in [3.05, 3.63) is 47.1 Å². The second-order valence-corrected chi connectivity index (χ2v) is 4.27. The predicted molar refractivity (Wildman–Crippen MR) is 66.1 cm³/mol. The summed E-state index contributed by atoms with van der Waals surface area (Å²) in [6.45, 7) is 0.767. The van der Waals surface area contributed by atoms with E-state index in [1.54, 1.807) is 18.7 Å². The van der Waals surface area contributed by atoms with Crippen molar-refractivity contribution in [2.75, 3.05) is 11.9 Å². The van der Waals surface area contributed by atoms with Crippen LogP contribution in [0.3, 0.4) is 0 Å². The van der Waals surface area contributed by atoms with Crippen LogP contribution in [0, 0.1) is 0 Å². The molecule has 0 fully saturated rings. The lowest BCUT2D eigenvalue weighted by Gasteiger charge is -2.18. The topological polar surface area (TPSA) is 41.9 Å². The smallest absolute Gasteiger partial charge is 0.146 e. The van der Waals surface area contributed by atoms with Gasteiger partial charge in [-0.3, -0.25) is 4.98 Å². The Labute approximate surface area is 103 Å². The van der Waals surface area contributed by atoms with Gasteiger partial charge in [0.2, 0.25) is 0 Å². The highest BCUT2D eigenvalue weighted by atomic mass is 79.9. The third-order valence-corrected chi connectivity index (χ3v) is 2.71. The van der Waals surface area contributed by atoms with E-state index in [0.29, 0.717) is 0 Å². The number of halogens is 1. The number of anilines is 1. The Morgan fingerprint density at radius 1 is 1.31 bits per heavy atom. The number of aromatic nitrogens is 3. The summed E-state index contributed by atoms with van der Waals surface area (Å²) in [5.74, 6) is 0.874. The van der Waals surface area contributed by atoms with Crippen LogP contribution in [-0.4, -0.2) is 22.0 Å². The minimum atomic E-state index is 0.767. The van der Waals surface area contributed by atoms with E-state index in [1.807, 2.05) is 30.3 Å². The van der Waals surface area contributed by atoms with Gasteiger partial charge in [-0.25, -0.2) is 9.97 Å². The molecule has 0 radical (unpaired) electrons. The molecule has 16 heavy (non-hydrogen) atoms. The Morgan fingerprint density at radius 3 is 2.88 bits per heavy atom. The summed E-state index contributed by atoms with van der Waals surface area (Å²) in [5, 5.41) is 0. The normalized spacial score (nSPS) is 10.1. The van der Waals surface area contributed by atoms with E-state index in [0.717, 1.165) is 22.4 Å². The number of pyridine rings is 1. The maximum Gasteiger partial charge on any atom is 0.146 e. The first-order chi connectivity index (χ1) is 7.77. The van der Waals surface area contributed by atoms with E-state index in [2.05, 4.69) is 30.9 Å². The summed E-state index contributed by atoms with van der Waals surface area (Å²) in [5.41, 5.74) is 1.15. The van der Waals surface area contributed by atoms with Crippen LogP contribution in [-0.2, 0) is 6.54 Å². The zero-order valence-electron chi connectivity index (χ0n) is 8.84. The van der Waals surface area contributed by atoms with Crippen LogP contribution >= 0.6 is 15.9 Å². The van der Waals surface area contributed by atoms with Crippen molar-refractivity contribution >= 4 is 21.7 Å². The third kappa shape index (κ3) is 2.55. The number of hydrogen-bond donors (Lipinski definition) is 0. The van der Waals surface area contributed by atoms with Gasteiger partial charge in [0.25, 0.3) is 0 Å². The molecule has 2 rings (SSSR count). The Kier molecular flexibility index (Phi) is 3.46. The molecule has 0 saturated carbocycles. The number of nitrogens with zero attached hydrogens (tertiary/aromatic N) is 4. The molecule has 0 bridgehead atoms. The fourth-order valence-electron chi connectivity index (χ4n) is 1.43. The monoisotopic (exact) mass is 278 g/mol. The molecule has 0 aliphatic rings. The summed E-state index contributed by atoms with van der Waals surface area (Å²) in [4.78, 5) is 14.3. The van der Waals surface area contributed by atoms with Crippen LogP contribution in [0.25, 0.3) is 0 Å². The Hall–Kier alpha value is -1.49. The Bertz CT molecular complexity index is 461. The summed E-state index contributed by atoms with van der Waals surface area (Å²) < 4.78 is 0.890. The van der Waals surface area contributed by atoms with Crippen molar-refractivity contribution in [1.82, 2.24) is 15.0 Å². The third-order valence-electron chi connectivity index (χ3n) is 2.15. The van der Waals surface area contributed by atoms with Crippen LogP contribution in [0.15, 0.2) is 41.5 Å². The van der Waals surface area contributed by atoms with E-state index in [-0.39, 0.29) is 0 Å². The molecule has 4 nitrogen and oxygen atoms in total. The Morgan fingerprint density at radius 2 is 2.19 bits per heavy atom. The molecule has 0 unspecified atom stereocenters. The van der Waals surface area contributed by atoms with Crippen molar-refractivity contribution < 1.29 is 0 Å². The molecule has 2 aromatic heterocycles. The van der Waals surface area contributed by atoms with Crippen molar-refractivity contribution in [1.29, 1.82) is 0 Å². The molecule has 2 aromatic rings. The van der Waals surface area contributed by atoms with Crippen LogP contribution in [0.2, 0.25) is 0 Å². The van der Waals surface area contributed by atoms with Crippen LogP contribution < -0.4 is 4.90 Å². The predicted octanol–water partition coefficient (Wildman–Crippen LogP) is 2.27. The molecule has 0 spiro atoms. The SMILES string of the molecule is CN(Cc1cccnc1)c1ncncc1Br. The van der Waals surface area contributed by atoms with Gasteiger partial charge in [-0.1, -0.05) is 6.07 Å².